The smallest absolute Gasteiger partial charge is 0.354 e. The van der Waals surface area contributed by atoms with E-state index in [1.54, 1.807) is 0 Å². The highest BCUT2D eigenvalue weighted by atomic mass is 16.4. The monoisotopic (exact) mass is 339 g/mol. The van der Waals surface area contributed by atoms with Crippen LogP contribution in [0.1, 0.15) is 52.5 Å². The summed E-state index contributed by atoms with van der Waals surface area (Å²) in [4.78, 5) is 27.1. The fourth-order valence-electron chi connectivity index (χ4n) is 2.55. The average molecular weight is 339 g/mol. The van der Waals surface area contributed by atoms with Gasteiger partial charge in [-0.25, -0.2) is 9.78 Å². The molecule has 0 spiro atoms. The van der Waals surface area contributed by atoms with Crippen LogP contribution in [0.5, 0.6) is 0 Å². The van der Waals surface area contributed by atoms with Crippen LogP contribution in [0.15, 0.2) is 42.7 Å². The number of amides is 1. The summed E-state index contributed by atoms with van der Waals surface area (Å²) in [7, 11) is 0. The number of hydrogen-bond donors (Lipinski definition) is 2. The van der Waals surface area contributed by atoms with Gasteiger partial charge in [-0.3, -0.25) is 9.20 Å². The molecule has 3 rings (SSSR count). The van der Waals surface area contributed by atoms with Crippen LogP contribution in [0.4, 0.5) is 0 Å². The maximum atomic E-state index is 12.5. The predicted molar refractivity (Wildman–Crippen MR) is 89.3 cm³/mol. The van der Waals surface area contributed by atoms with Crippen LogP contribution in [0.3, 0.4) is 0 Å². The summed E-state index contributed by atoms with van der Waals surface area (Å²) < 4.78 is 1.84. The first-order chi connectivity index (χ1) is 12.1. The van der Waals surface area contributed by atoms with Crippen molar-refractivity contribution in [3.05, 3.63) is 59.8 Å². The van der Waals surface area contributed by atoms with Gasteiger partial charge in [0.05, 0.1) is 11.6 Å². The van der Waals surface area contributed by atoms with E-state index in [4.69, 9.17) is 5.11 Å². The van der Waals surface area contributed by atoms with Crippen molar-refractivity contribution in [1.82, 2.24) is 24.9 Å². The van der Waals surface area contributed by atoms with Crippen LogP contribution in [-0.4, -0.2) is 36.6 Å². The highest BCUT2D eigenvalue weighted by Gasteiger charge is 2.20. The van der Waals surface area contributed by atoms with Crippen molar-refractivity contribution in [2.45, 2.75) is 25.8 Å². The number of carboxylic acids is 1. The molecule has 1 atom stereocenters. The topological polar surface area (TPSA) is 109 Å². The van der Waals surface area contributed by atoms with Gasteiger partial charge in [-0.05, 0) is 30.7 Å². The first kappa shape index (κ1) is 16.6. The Kier molecular flexibility index (Phi) is 4.69. The highest BCUT2D eigenvalue weighted by Crippen LogP contribution is 2.18. The number of rotatable bonds is 6. The van der Waals surface area contributed by atoms with E-state index in [1.807, 2.05) is 35.7 Å². The third-order valence-electron chi connectivity index (χ3n) is 3.78. The lowest BCUT2D eigenvalue weighted by molar-refractivity contribution is 0.0689. The normalized spacial score (nSPS) is 12.0. The van der Waals surface area contributed by atoms with Crippen molar-refractivity contribution in [3.63, 3.8) is 0 Å². The molecular formula is C17H17N5O3. The summed E-state index contributed by atoms with van der Waals surface area (Å²) >= 11 is 0. The minimum absolute atomic E-state index is 0.106. The lowest BCUT2D eigenvalue weighted by atomic mass is 10.1. The molecule has 8 nitrogen and oxygen atoms in total. The van der Waals surface area contributed by atoms with Gasteiger partial charge in [-0.2, -0.15) is 0 Å². The molecule has 25 heavy (non-hydrogen) atoms. The number of carbonyl (C=O) groups is 2. The Labute approximate surface area is 143 Å². The molecule has 0 aliphatic rings. The Morgan fingerprint density at radius 1 is 1.24 bits per heavy atom. The Balaban J connectivity index is 1.84. The molecular weight excluding hydrogens is 322 g/mol. The van der Waals surface area contributed by atoms with Crippen LogP contribution in [0, 0.1) is 0 Å². The van der Waals surface area contributed by atoms with Gasteiger partial charge in [-0.1, -0.05) is 19.4 Å². The van der Waals surface area contributed by atoms with Crippen LogP contribution in [-0.2, 0) is 0 Å². The summed E-state index contributed by atoms with van der Waals surface area (Å²) in [6.07, 6.45) is 4.65. The number of aromatic carboxylic acids is 1. The molecule has 0 fully saturated rings. The molecule has 0 saturated heterocycles. The maximum absolute atomic E-state index is 12.5. The standard InChI is InChI=1S/C17H17N5O3/c1-2-5-12(15-21-20-14-6-3-4-9-22(14)15)19-16(23)11-7-8-13(17(24)25)18-10-11/h3-4,6-10,12H,2,5H2,1H3,(H,19,23)(H,24,25). The number of nitrogens with zero attached hydrogens (tertiary/aromatic N) is 4. The lowest BCUT2D eigenvalue weighted by Gasteiger charge is -2.16. The summed E-state index contributed by atoms with van der Waals surface area (Å²) in [6, 6.07) is 8.02. The Bertz CT molecular complexity index is 904. The van der Waals surface area contributed by atoms with E-state index in [0.717, 1.165) is 6.42 Å². The lowest BCUT2D eigenvalue weighted by Crippen LogP contribution is -2.30. The molecule has 0 bridgehead atoms. The van der Waals surface area contributed by atoms with Crippen molar-refractivity contribution in [1.29, 1.82) is 0 Å². The Morgan fingerprint density at radius 3 is 2.76 bits per heavy atom. The average Bonchev–Trinajstić information content (AvgIpc) is 3.05. The minimum atomic E-state index is -1.13. The van der Waals surface area contributed by atoms with Gasteiger partial charge < -0.3 is 10.4 Å². The van der Waals surface area contributed by atoms with E-state index in [-0.39, 0.29) is 17.6 Å². The second-order valence-electron chi connectivity index (χ2n) is 5.54. The zero-order valence-corrected chi connectivity index (χ0v) is 13.6. The summed E-state index contributed by atoms with van der Waals surface area (Å²) in [5.41, 5.74) is 0.894. The van der Waals surface area contributed by atoms with E-state index in [2.05, 4.69) is 20.5 Å². The van der Waals surface area contributed by atoms with Gasteiger partial charge in [0.2, 0.25) is 0 Å². The highest BCUT2D eigenvalue weighted by molar-refractivity contribution is 5.95. The molecule has 3 aromatic rings. The van der Waals surface area contributed by atoms with E-state index in [0.29, 0.717) is 23.5 Å². The number of carbonyl (C=O) groups excluding carboxylic acids is 1. The zero-order valence-electron chi connectivity index (χ0n) is 13.6. The van der Waals surface area contributed by atoms with Crippen molar-refractivity contribution in [3.8, 4) is 0 Å². The minimum Gasteiger partial charge on any atom is -0.477 e. The summed E-state index contributed by atoms with van der Waals surface area (Å²) in [5.74, 6) is -0.817. The second-order valence-corrected chi connectivity index (χ2v) is 5.54. The third-order valence-corrected chi connectivity index (χ3v) is 3.78. The molecule has 3 aromatic heterocycles. The molecule has 128 valence electrons. The van der Waals surface area contributed by atoms with Gasteiger partial charge in [0.15, 0.2) is 11.5 Å². The first-order valence-electron chi connectivity index (χ1n) is 7.90. The predicted octanol–water partition coefficient (Wildman–Crippen LogP) is 2.09. The first-order valence-corrected chi connectivity index (χ1v) is 7.90. The second kappa shape index (κ2) is 7.08. The number of hydrogen-bond acceptors (Lipinski definition) is 5. The fourth-order valence-corrected chi connectivity index (χ4v) is 2.55. The number of fused-ring (bicyclic) bond motifs is 1. The molecule has 0 aliphatic heterocycles. The van der Waals surface area contributed by atoms with E-state index < -0.39 is 5.97 Å². The van der Waals surface area contributed by atoms with Crippen LogP contribution in [0.2, 0.25) is 0 Å². The molecule has 3 heterocycles. The van der Waals surface area contributed by atoms with Crippen molar-refractivity contribution in [2.75, 3.05) is 0 Å². The van der Waals surface area contributed by atoms with E-state index >= 15 is 0 Å². The molecule has 1 unspecified atom stereocenters. The van der Waals surface area contributed by atoms with Crippen molar-refractivity contribution >= 4 is 17.5 Å². The molecule has 0 saturated carbocycles. The number of carboxylic acid groups (broad SMARTS) is 1. The van der Waals surface area contributed by atoms with Gasteiger partial charge in [-0.15, -0.1) is 10.2 Å². The number of aromatic nitrogens is 4. The molecule has 0 radical (unpaired) electrons. The van der Waals surface area contributed by atoms with Crippen molar-refractivity contribution < 1.29 is 14.7 Å². The number of pyridine rings is 2. The third kappa shape index (κ3) is 3.47. The molecule has 0 aliphatic carbocycles. The van der Waals surface area contributed by atoms with Crippen LogP contribution in [0.25, 0.3) is 5.65 Å². The fraction of sp³-hybridized carbons (Fsp3) is 0.235. The van der Waals surface area contributed by atoms with E-state index in [1.165, 1.54) is 18.3 Å². The number of nitrogens with one attached hydrogen (secondary N) is 1. The van der Waals surface area contributed by atoms with Gasteiger partial charge in [0.1, 0.15) is 5.69 Å². The van der Waals surface area contributed by atoms with Gasteiger partial charge in [0.25, 0.3) is 5.91 Å². The SMILES string of the molecule is CCCC(NC(=O)c1ccc(C(=O)O)nc1)c1nnc2ccccn12. The van der Waals surface area contributed by atoms with E-state index in [9.17, 15) is 9.59 Å². The zero-order chi connectivity index (χ0) is 17.8. The largest absolute Gasteiger partial charge is 0.477 e. The van der Waals surface area contributed by atoms with Crippen LogP contribution < -0.4 is 5.32 Å². The van der Waals surface area contributed by atoms with Crippen molar-refractivity contribution in [2.24, 2.45) is 0 Å². The molecule has 1 amide bonds. The summed E-state index contributed by atoms with van der Waals surface area (Å²) in [6.45, 7) is 2.02. The quantitative estimate of drug-likeness (QED) is 0.712. The maximum Gasteiger partial charge on any atom is 0.354 e. The molecule has 8 heteroatoms. The molecule has 0 aromatic carbocycles. The molecule has 2 N–H and O–H groups in total. The van der Waals surface area contributed by atoms with Gasteiger partial charge >= 0.3 is 5.97 Å². The summed E-state index contributed by atoms with van der Waals surface area (Å²) in [5, 5.41) is 20.1. The van der Waals surface area contributed by atoms with Crippen LogP contribution >= 0.6 is 0 Å². The Hall–Kier alpha value is -3.29. The van der Waals surface area contributed by atoms with Gasteiger partial charge in [0, 0.05) is 12.4 Å². The Morgan fingerprint density at radius 2 is 2.08 bits per heavy atom.